The smallest absolute Gasteiger partial charge is 0.0396 e. The van der Waals surface area contributed by atoms with Crippen LogP contribution in [0.3, 0.4) is 0 Å². The lowest BCUT2D eigenvalue weighted by Gasteiger charge is -2.38. The number of hydrogen-bond donors (Lipinski definition) is 2. The first-order valence-electron chi connectivity index (χ1n) is 14.5. The van der Waals surface area contributed by atoms with Crippen molar-refractivity contribution in [1.29, 1.82) is 0 Å². The molecule has 3 aliphatic rings. The predicted molar refractivity (Wildman–Crippen MR) is 140 cm³/mol. The second kappa shape index (κ2) is 12.0. The molecule has 3 nitrogen and oxygen atoms in total. The minimum Gasteiger partial charge on any atom is -0.328 e. The summed E-state index contributed by atoms with van der Waals surface area (Å²) in [5.41, 5.74) is 6.60. The van der Waals surface area contributed by atoms with E-state index in [0.717, 1.165) is 41.4 Å². The van der Waals surface area contributed by atoms with Gasteiger partial charge in [-0.2, -0.15) is 0 Å². The van der Waals surface area contributed by atoms with Crippen molar-refractivity contribution >= 4 is 0 Å². The largest absolute Gasteiger partial charge is 0.328 e. The van der Waals surface area contributed by atoms with Gasteiger partial charge in [0.2, 0.25) is 0 Å². The third-order valence-electron chi connectivity index (χ3n) is 9.93. The molecule has 32 heavy (non-hydrogen) atoms. The van der Waals surface area contributed by atoms with Gasteiger partial charge < -0.3 is 11.1 Å². The Kier molecular flexibility index (Phi) is 9.95. The quantitative estimate of drug-likeness (QED) is 0.215. The standard InChI is InChI=1S/C29H57N3/c1-21(17-24(4)30)13-12-15-27-25(5)28(27)29-20-32(29)19-26(18-23(29)3)22(2)14-10-8-7-9-11-16-31-6/h21-28,31H,7-20,30H2,1-6H3. The van der Waals surface area contributed by atoms with E-state index >= 15 is 0 Å². The summed E-state index contributed by atoms with van der Waals surface area (Å²) in [7, 11) is 2.06. The van der Waals surface area contributed by atoms with Crippen LogP contribution in [0.4, 0.5) is 0 Å². The van der Waals surface area contributed by atoms with Gasteiger partial charge in [0.05, 0.1) is 0 Å². The Labute approximate surface area is 201 Å². The molecule has 10 atom stereocenters. The second-order valence-corrected chi connectivity index (χ2v) is 12.7. The van der Waals surface area contributed by atoms with E-state index in [-0.39, 0.29) is 0 Å². The van der Waals surface area contributed by atoms with Crippen LogP contribution in [0.5, 0.6) is 0 Å². The molecule has 3 fully saturated rings. The number of nitrogens with two attached hydrogens (primary N) is 1. The first-order valence-corrected chi connectivity index (χ1v) is 14.5. The van der Waals surface area contributed by atoms with E-state index < -0.39 is 0 Å². The lowest BCUT2D eigenvalue weighted by atomic mass is 9.74. The van der Waals surface area contributed by atoms with E-state index in [9.17, 15) is 0 Å². The lowest BCUT2D eigenvalue weighted by molar-refractivity contribution is 0.117. The fourth-order valence-corrected chi connectivity index (χ4v) is 7.85. The average molecular weight is 448 g/mol. The van der Waals surface area contributed by atoms with E-state index in [4.69, 9.17) is 5.73 Å². The molecule has 2 saturated heterocycles. The maximum Gasteiger partial charge on any atom is 0.0396 e. The molecule has 1 aliphatic carbocycles. The molecule has 3 heteroatoms. The van der Waals surface area contributed by atoms with Gasteiger partial charge in [-0.25, -0.2) is 0 Å². The summed E-state index contributed by atoms with van der Waals surface area (Å²) < 4.78 is 0. The van der Waals surface area contributed by atoms with Crippen LogP contribution in [-0.4, -0.2) is 43.2 Å². The van der Waals surface area contributed by atoms with E-state index in [2.05, 4.69) is 51.9 Å². The normalized spacial score (nSPS) is 38.7. The van der Waals surface area contributed by atoms with Crippen molar-refractivity contribution in [1.82, 2.24) is 10.2 Å². The molecule has 0 aromatic carbocycles. The maximum absolute atomic E-state index is 6.00. The Morgan fingerprint density at radius 2 is 1.72 bits per heavy atom. The van der Waals surface area contributed by atoms with Crippen molar-refractivity contribution in [2.24, 2.45) is 47.2 Å². The Hall–Kier alpha value is -0.120. The van der Waals surface area contributed by atoms with Crippen molar-refractivity contribution in [3.05, 3.63) is 0 Å². The van der Waals surface area contributed by atoms with E-state index in [0.29, 0.717) is 11.6 Å². The summed E-state index contributed by atoms with van der Waals surface area (Å²) in [5, 5.41) is 3.26. The zero-order valence-corrected chi connectivity index (χ0v) is 22.5. The van der Waals surface area contributed by atoms with Gasteiger partial charge in [-0.3, -0.25) is 4.90 Å². The number of piperidine rings is 1. The topological polar surface area (TPSA) is 41.1 Å². The van der Waals surface area contributed by atoms with E-state index in [1.807, 2.05) is 0 Å². The zero-order chi connectivity index (χ0) is 23.3. The number of hydrogen-bond acceptors (Lipinski definition) is 3. The molecule has 0 aromatic heterocycles. The average Bonchev–Trinajstić information content (AvgIpc) is 3.61. The van der Waals surface area contributed by atoms with Gasteiger partial charge in [0, 0.05) is 24.7 Å². The van der Waals surface area contributed by atoms with Crippen LogP contribution in [0.1, 0.15) is 105 Å². The Balaban J connectivity index is 1.36. The van der Waals surface area contributed by atoms with Crippen molar-refractivity contribution in [3.8, 4) is 0 Å². The molecule has 2 heterocycles. The molecule has 2 aliphatic heterocycles. The van der Waals surface area contributed by atoms with Gasteiger partial charge in [-0.1, -0.05) is 72.6 Å². The highest BCUT2D eigenvalue weighted by Crippen LogP contribution is 2.66. The van der Waals surface area contributed by atoms with Gasteiger partial charge in [0.1, 0.15) is 0 Å². The molecular formula is C29H57N3. The number of nitrogens with one attached hydrogen (secondary N) is 1. The highest BCUT2D eigenvalue weighted by molar-refractivity contribution is 5.24. The third kappa shape index (κ3) is 6.51. The molecule has 3 N–H and O–H groups in total. The molecular weight excluding hydrogens is 390 g/mol. The summed E-state index contributed by atoms with van der Waals surface area (Å²) in [6, 6.07) is 0.360. The van der Waals surface area contributed by atoms with Crippen LogP contribution in [0.15, 0.2) is 0 Å². The molecule has 0 amide bonds. The van der Waals surface area contributed by atoms with Crippen LogP contribution in [0, 0.1) is 41.4 Å². The van der Waals surface area contributed by atoms with Crippen LogP contribution >= 0.6 is 0 Å². The predicted octanol–water partition coefficient (Wildman–Crippen LogP) is 6.32. The molecule has 0 spiro atoms. The minimum absolute atomic E-state index is 0.360. The summed E-state index contributed by atoms with van der Waals surface area (Å²) in [6.07, 6.45) is 15.4. The second-order valence-electron chi connectivity index (χ2n) is 12.7. The van der Waals surface area contributed by atoms with Crippen LogP contribution in [0.2, 0.25) is 0 Å². The first-order chi connectivity index (χ1) is 15.3. The minimum atomic E-state index is 0.360. The van der Waals surface area contributed by atoms with E-state index in [1.165, 1.54) is 90.3 Å². The Bertz CT molecular complexity index is 549. The molecule has 10 unspecified atom stereocenters. The van der Waals surface area contributed by atoms with Gasteiger partial charge >= 0.3 is 0 Å². The molecule has 3 rings (SSSR count). The fraction of sp³-hybridized carbons (Fsp3) is 1.00. The maximum atomic E-state index is 6.00. The van der Waals surface area contributed by atoms with Gasteiger partial charge in [-0.05, 0) is 87.6 Å². The monoisotopic (exact) mass is 447 g/mol. The van der Waals surface area contributed by atoms with Crippen molar-refractivity contribution in [2.45, 2.75) is 117 Å². The van der Waals surface area contributed by atoms with Gasteiger partial charge in [-0.15, -0.1) is 0 Å². The highest BCUT2D eigenvalue weighted by atomic mass is 15.4. The van der Waals surface area contributed by atoms with Crippen molar-refractivity contribution in [3.63, 3.8) is 0 Å². The molecule has 188 valence electrons. The van der Waals surface area contributed by atoms with Crippen molar-refractivity contribution in [2.75, 3.05) is 26.7 Å². The third-order valence-corrected chi connectivity index (χ3v) is 9.93. The van der Waals surface area contributed by atoms with Gasteiger partial charge in [0.15, 0.2) is 0 Å². The summed E-state index contributed by atoms with van der Waals surface area (Å²) in [5.74, 6) is 6.51. The number of fused-ring (bicyclic) bond motifs is 1. The summed E-state index contributed by atoms with van der Waals surface area (Å²) in [6.45, 7) is 16.3. The SMILES string of the molecule is CNCCCCCCCC(C)C1CC(C)C2(C3C(C)C3CCCC(C)CC(C)N)CN2C1. The highest BCUT2D eigenvalue weighted by Gasteiger charge is 2.71. The number of unbranched alkanes of at least 4 members (excludes halogenated alkanes) is 4. The van der Waals surface area contributed by atoms with Gasteiger partial charge in [0.25, 0.3) is 0 Å². The Morgan fingerprint density at radius 1 is 1.00 bits per heavy atom. The molecule has 0 aromatic rings. The van der Waals surface area contributed by atoms with Crippen LogP contribution in [0.25, 0.3) is 0 Å². The summed E-state index contributed by atoms with van der Waals surface area (Å²) in [4.78, 5) is 2.93. The summed E-state index contributed by atoms with van der Waals surface area (Å²) >= 11 is 0. The Morgan fingerprint density at radius 3 is 2.41 bits per heavy atom. The number of nitrogens with zero attached hydrogens (tertiary/aromatic N) is 1. The number of rotatable bonds is 16. The fourth-order valence-electron chi connectivity index (χ4n) is 7.85. The zero-order valence-electron chi connectivity index (χ0n) is 22.5. The van der Waals surface area contributed by atoms with E-state index in [1.54, 1.807) is 0 Å². The van der Waals surface area contributed by atoms with Crippen LogP contribution < -0.4 is 11.1 Å². The molecule has 1 saturated carbocycles. The van der Waals surface area contributed by atoms with Crippen LogP contribution in [-0.2, 0) is 0 Å². The first kappa shape index (κ1) is 26.5. The molecule has 0 bridgehead atoms. The van der Waals surface area contributed by atoms with Crippen molar-refractivity contribution < 1.29 is 0 Å². The molecule has 0 radical (unpaired) electrons. The lowest BCUT2D eigenvalue weighted by Crippen LogP contribution is -2.41.